The molecule has 1 saturated heterocycles. The molecule has 0 aliphatic carbocycles. The molecule has 0 saturated carbocycles. The Balaban J connectivity index is 1.42. The van der Waals surface area contributed by atoms with Gasteiger partial charge in [0, 0.05) is 32.4 Å². The Morgan fingerprint density at radius 2 is 1.96 bits per heavy atom. The third-order valence-corrected chi connectivity index (χ3v) is 5.24. The highest BCUT2D eigenvalue weighted by atomic mass is 35.5. The van der Waals surface area contributed by atoms with E-state index in [2.05, 4.69) is 26.0 Å². The Kier molecular flexibility index (Phi) is 5.39. The lowest BCUT2D eigenvalue weighted by molar-refractivity contribution is 0.192. The van der Waals surface area contributed by atoms with Gasteiger partial charge in [0.05, 0.1) is 28.9 Å². The summed E-state index contributed by atoms with van der Waals surface area (Å²) in [4.78, 5) is 9.12. The molecule has 142 valence electrons. The van der Waals surface area contributed by atoms with Gasteiger partial charge in [0.1, 0.15) is 5.82 Å². The average Bonchev–Trinajstić information content (AvgIpc) is 3.09. The molecular weight excluding hydrogens is 396 g/mol. The first kappa shape index (κ1) is 18.6. The molecule has 0 atom stereocenters. The maximum Gasteiger partial charge on any atom is 0.288 e. The Bertz CT molecular complexity index is 1080. The van der Waals surface area contributed by atoms with Crippen molar-refractivity contribution in [2.45, 2.75) is 6.67 Å². The van der Waals surface area contributed by atoms with Crippen molar-refractivity contribution in [3.63, 3.8) is 0 Å². The minimum Gasteiger partial charge on any atom is -0.409 e. The van der Waals surface area contributed by atoms with Crippen LogP contribution in [0.5, 0.6) is 0 Å². The fraction of sp³-hybridized carbons (Fsp3) is 0.263. The lowest BCUT2D eigenvalue weighted by atomic mass is 10.2. The molecule has 1 aliphatic rings. The van der Waals surface area contributed by atoms with Gasteiger partial charge in [-0.3, -0.25) is 4.90 Å². The van der Waals surface area contributed by atoms with E-state index < -0.39 is 0 Å². The van der Waals surface area contributed by atoms with Gasteiger partial charge in [-0.15, -0.1) is 5.10 Å². The van der Waals surface area contributed by atoms with Crippen LogP contribution in [0, 0.1) is 16.2 Å². The SMILES string of the molecule is N#Cc1ccnc(N2CCN(Cn3nc(-c4ccccc4Cl)oc3=S)CC2)c1. The summed E-state index contributed by atoms with van der Waals surface area (Å²) in [6, 6.07) is 13.1. The molecule has 0 spiro atoms. The number of anilines is 1. The third kappa shape index (κ3) is 3.92. The number of rotatable bonds is 4. The van der Waals surface area contributed by atoms with Crippen LogP contribution < -0.4 is 4.90 Å². The summed E-state index contributed by atoms with van der Waals surface area (Å²) in [5, 5.41) is 14.1. The van der Waals surface area contributed by atoms with E-state index in [1.807, 2.05) is 24.3 Å². The van der Waals surface area contributed by atoms with Crippen LogP contribution in [0.1, 0.15) is 5.56 Å². The van der Waals surface area contributed by atoms with E-state index in [4.69, 9.17) is 33.5 Å². The molecule has 0 amide bonds. The minimum atomic E-state index is 0.320. The van der Waals surface area contributed by atoms with Gasteiger partial charge in [-0.1, -0.05) is 23.7 Å². The molecule has 0 N–H and O–H groups in total. The topological polar surface area (TPSA) is 74.1 Å². The van der Waals surface area contributed by atoms with E-state index in [9.17, 15) is 0 Å². The van der Waals surface area contributed by atoms with Gasteiger partial charge < -0.3 is 9.32 Å². The molecule has 9 heteroatoms. The molecule has 3 aromatic rings. The number of hydrogen-bond acceptors (Lipinski definition) is 7. The molecule has 3 heterocycles. The molecule has 7 nitrogen and oxygen atoms in total. The number of halogens is 1. The molecular formula is C19H17ClN6OS. The Labute approximate surface area is 172 Å². The molecule has 1 fully saturated rings. The van der Waals surface area contributed by atoms with Gasteiger partial charge in [-0.2, -0.15) is 5.26 Å². The van der Waals surface area contributed by atoms with Crippen molar-refractivity contribution in [3.05, 3.63) is 58.0 Å². The summed E-state index contributed by atoms with van der Waals surface area (Å²) >= 11 is 11.5. The monoisotopic (exact) mass is 412 g/mol. The Hall–Kier alpha value is -2.73. The molecule has 4 rings (SSSR count). The van der Waals surface area contributed by atoms with Gasteiger partial charge in [0.2, 0.25) is 5.89 Å². The molecule has 1 aliphatic heterocycles. The number of aromatic nitrogens is 3. The van der Waals surface area contributed by atoms with Crippen molar-refractivity contribution < 1.29 is 4.42 Å². The van der Waals surface area contributed by atoms with Crippen LogP contribution in [-0.2, 0) is 6.67 Å². The maximum absolute atomic E-state index is 9.05. The summed E-state index contributed by atoms with van der Waals surface area (Å²) in [6.45, 7) is 3.82. The van der Waals surface area contributed by atoms with Gasteiger partial charge >= 0.3 is 0 Å². The second kappa shape index (κ2) is 8.10. The average molecular weight is 413 g/mol. The molecule has 0 radical (unpaired) electrons. The van der Waals surface area contributed by atoms with Crippen molar-refractivity contribution in [1.29, 1.82) is 5.26 Å². The van der Waals surface area contributed by atoms with Gasteiger partial charge in [0.25, 0.3) is 4.84 Å². The first-order valence-electron chi connectivity index (χ1n) is 8.80. The lowest BCUT2D eigenvalue weighted by Crippen LogP contribution is -2.47. The number of benzene rings is 1. The van der Waals surface area contributed by atoms with Crippen molar-refractivity contribution in [2.24, 2.45) is 0 Å². The Morgan fingerprint density at radius 3 is 2.71 bits per heavy atom. The highest BCUT2D eigenvalue weighted by Crippen LogP contribution is 2.26. The number of nitrogens with zero attached hydrogens (tertiary/aromatic N) is 6. The zero-order chi connectivity index (χ0) is 19.5. The minimum absolute atomic E-state index is 0.320. The zero-order valence-corrected chi connectivity index (χ0v) is 16.5. The summed E-state index contributed by atoms with van der Waals surface area (Å²) < 4.78 is 7.32. The van der Waals surface area contributed by atoms with Crippen molar-refractivity contribution in [1.82, 2.24) is 19.7 Å². The predicted octanol–water partition coefficient (Wildman–Crippen LogP) is 3.57. The van der Waals surface area contributed by atoms with Crippen LogP contribution >= 0.6 is 23.8 Å². The fourth-order valence-electron chi connectivity index (χ4n) is 3.11. The standard InChI is InChI=1S/C19H17ClN6OS/c20-16-4-2-1-3-15(16)18-23-26(19(28)27-18)13-24-7-9-25(10-8-24)17-11-14(12-21)5-6-22-17/h1-6,11H,7-10,13H2. The van der Waals surface area contributed by atoms with E-state index in [0.717, 1.165) is 37.6 Å². The van der Waals surface area contributed by atoms with E-state index in [1.54, 1.807) is 23.0 Å². The smallest absolute Gasteiger partial charge is 0.288 e. The largest absolute Gasteiger partial charge is 0.409 e. The molecule has 28 heavy (non-hydrogen) atoms. The highest BCUT2D eigenvalue weighted by Gasteiger charge is 2.20. The third-order valence-electron chi connectivity index (χ3n) is 4.62. The second-order valence-corrected chi connectivity index (χ2v) is 7.17. The zero-order valence-electron chi connectivity index (χ0n) is 15.0. The Morgan fingerprint density at radius 1 is 1.18 bits per heavy atom. The van der Waals surface area contributed by atoms with Crippen LogP contribution in [0.4, 0.5) is 5.82 Å². The molecule has 0 bridgehead atoms. The number of nitriles is 1. The summed E-state index contributed by atoms with van der Waals surface area (Å²) in [6.07, 6.45) is 1.67. The predicted molar refractivity (Wildman–Crippen MR) is 109 cm³/mol. The second-order valence-electron chi connectivity index (χ2n) is 6.41. The van der Waals surface area contributed by atoms with E-state index in [-0.39, 0.29) is 0 Å². The van der Waals surface area contributed by atoms with Crippen LogP contribution in [0.15, 0.2) is 47.0 Å². The van der Waals surface area contributed by atoms with Gasteiger partial charge in [-0.05, 0) is 36.5 Å². The summed E-state index contributed by atoms with van der Waals surface area (Å²) in [5.41, 5.74) is 1.34. The van der Waals surface area contributed by atoms with Gasteiger partial charge in [-0.25, -0.2) is 9.67 Å². The quantitative estimate of drug-likeness (QED) is 0.606. The number of pyridine rings is 1. The normalized spacial score (nSPS) is 14.8. The van der Waals surface area contributed by atoms with E-state index in [0.29, 0.717) is 28.0 Å². The van der Waals surface area contributed by atoms with Crippen LogP contribution in [0.3, 0.4) is 0 Å². The first-order chi connectivity index (χ1) is 13.6. The lowest BCUT2D eigenvalue weighted by Gasteiger charge is -2.35. The van der Waals surface area contributed by atoms with Crippen LogP contribution in [0.2, 0.25) is 5.02 Å². The van der Waals surface area contributed by atoms with Crippen LogP contribution in [-0.4, -0.2) is 45.8 Å². The summed E-state index contributed by atoms with van der Waals surface area (Å²) in [7, 11) is 0. The highest BCUT2D eigenvalue weighted by molar-refractivity contribution is 7.71. The number of piperazine rings is 1. The fourth-order valence-corrected chi connectivity index (χ4v) is 3.50. The maximum atomic E-state index is 9.05. The van der Waals surface area contributed by atoms with Gasteiger partial charge in [0.15, 0.2) is 0 Å². The van der Waals surface area contributed by atoms with Crippen molar-refractivity contribution in [3.8, 4) is 17.5 Å². The van der Waals surface area contributed by atoms with E-state index >= 15 is 0 Å². The van der Waals surface area contributed by atoms with Crippen molar-refractivity contribution >= 4 is 29.6 Å². The molecule has 1 aromatic carbocycles. The molecule has 0 unspecified atom stereocenters. The first-order valence-corrected chi connectivity index (χ1v) is 9.59. The summed E-state index contributed by atoms with van der Waals surface area (Å²) in [5.74, 6) is 1.25. The van der Waals surface area contributed by atoms with Crippen LogP contribution in [0.25, 0.3) is 11.5 Å². The van der Waals surface area contributed by atoms with Crippen molar-refractivity contribution in [2.75, 3.05) is 31.1 Å². The number of hydrogen-bond donors (Lipinski definition) is 0. The van der Waals surface area contributed by atoms with E-state index in [1.165, 1.54) is 0 Å². The molecule has 2 aromatic heterocycles.